The molecule has 0 bridgehead atoms. The Morgan fingerprint density at radius 1 is 0.840 bits per heavy atom. The summed E-state index contributed by atoms with van der Waals surface area (Å²) in [7, 11) is 0. The molecule has 0 saturated carbocycles. The molecule has 1 unspecified atom stereocenters. The van der Waals surface area contributed by atoms with Gasteiger partial charge >= 0.3 is 11.9 Å². The first-order chi connectivity index (χ1) is 11.9. The van der Waals surface area contributed by atoms with Crippen molar-refractivity contribution < 1.29 is 24.2 Å². The van der Waals surface area contributed by atoms with E-state index in [9.17, 15) is 14.7 Å². The van der Waals surface area contributed by atoms with E-state index >= 15 is 0 Å². The highest BCUT2D eigenvalue weighted by molar-refractivity contribution is 9.10. The van der Waals surface area contributed by atoms with Crippen molar-refractivity contribution in [3.63, 3.8) is 0 Å². The molecule has 0 aliphatic heterocycles. The second-order valence-corrected chi connectivity index (χ2v) is 7.07. The molecule has 1 atom stereocenters. The van der Waals surface area contributed by atoms with E-state index in [2.05, 4.69) is 31.9 Å². The van der Waals surface area contributed by atoms with Crippen LogP contribution in [0.5, 0.6) is 0 Å². The normalized spacial score (nSPS) is 11.6. The Morgan fingerprint density at radius 3 is 1.76 bits per heavy atom. The fourth-order valence-corrected chi connectivity index (χ4v) is 2.40. The largest absolute Gasteiger partial charge is 0.461 e. The lowest BCUT2D eigenvalue weighted by molar-refractivity contribution is -0.161. The highest BCUT2D eigenvalue weighted by Crippen LogP contribution is 2.13. The minimum atomic E-state index is -1.55. The number of rotatable bonds is 7. The zero-order valence-corrected chi connectivity index (χ0v) is 16.3. The van der Waals surface area contributed by atoms with Gasteiger partial charge in [0.15, 0.2) is 6.10 Å². The molecule has 5 nitrogen and oxygen atoms in total. The van der Waals surface area contributed by atoms with Gasteiger partial charge in [0.25, 0.3) is 0 Å². The van der Waals surface area contributed by atoms with Gasteiger partial charge < -0.3 is 14.6 Å². The van der Waals surface area contributed by atoms with E-state index in [-0.39, 0.29) is 13.2 Å². The number of halogens is 2. The first-order valence-electron chi connectivity index (χ1n) is 7.43. The maximum Gasteiger partial charge on any atom is 0.335 e. The maximum absolute atomic E-state index is 11.7. The number of aliphatic hydroxyl groups is 1. The minimum absolute atomic E-state index is 0.0249. The maximum atomic E-state index is 11.7. The fourth-order valence-electron chi connectivity index (χ4n) is 1.88. The molecule has 7 heteroatoms. The van der Waals surface area contributed by atoms with Crippen LogP contribution in [0.1, 0.15) is 17.5 Å². The Hall–Kier alpha value is -1.70. The summed E-state index contributed by atoms with van der Waals surface area (Å²) < 4.78 is 11.9. The number of esters is 2. The summed E-state index contributed by atoms with van der Waals surface area (Å²) in [6.45, 7) is 0.101. The summed E-state index contributed by atoms with van der Waals surface area (Å²) in [5.74, 6) is -1.53. The van der Waals surface area contributed by atoms with Crippen molar-refractivity contribution in [2.24, 2.45) is 0 Å². The predicted molar refractivity (Wildman–Crippen MR) is 98.5 cm³/mol. The lowest BCUT2D eigenvalue weighted by Crippen LogP contribution is -2.26. The van der Waals surface area contributed by atoms with E-state index in [1.54, 1.807) is 24.3 Å². The average Bonchev–Trinajstić information content (AvgIpc) is 2.60. The Bertz CT molecular complexity index is 713. The molecule has 1 N–H and O–H groups in total. The second kappa shape index (κ2) is 9.70. The number of hydrogen-bond donors (Lipinski definition) is 1. The lowest BCUT2D eigenvalue weighted by atomic mass is 10.2. The fraction of sp³-hybridized carbons (Fsp3) is 0.222. The molecule has 2 aromatic carbocycles. The van der Waals surface area contributed by atoms with Crippen LogP contribution in [0.3, 0.4) is 0 Å². The standard InChI is InChI=1S/C18H16Br2O5/c19-14-5-1-12(2-6-14)10-24-17(22)9-16(21)18(23)25-11-13-3-7-15(20)8-4-13/h1-8,16,21H,9-11H2. The molecular weight excluding hydrogens is 456 g/mol. The summed E-state index contributed by atoms with van der Waals surface area (Å²) in [4.78, 5) is 23.4. The summed E-state index contributed by atoms with van der Waals surface area (Å²) in [5, 5.41) is 9.75. The molecule has 0 heterocycles. The van der Waals surface area contributed by atoms with Crippen LogP contribution in [0.25, 0.3) is 0 Å². The second-order valence-electron chi connectivity index (χ2n) is 5.24. The van der Waals surface area contributed by atoms with Gasteiger partial charge in [-0.25, -0.2) is 4.79 Å². The van der Waals surface area contributed by atoms with E-state index in [0.717, 1.165) is 20.1 Å². The topological polar surface area (TPSA) is 72.8 Å². The Balaban J connectivity index is 1.72. The Kier molecular flexibility index (Phi) is 7.61. The van der Waals surface area contributed by atoms with Crippen molar-refractivity contribution in [2.75, 3.05) is 0 Å². The molecule has 2 aromatic rings. The molecule has 0 saturated heterocycles. The van der Waals surface area contributed by atoms with Crippen LogP contribution in [-0.4, -0.2) is 23.1 Å². The van der Waals surface area contributed by atoms with Gasteiger partial charge in [-0.1, -0.05) is 56.1 Å². The molecule has 132 valence electrons. The van der Waals surface area contributed by atoms with Gasteiger partial charge in [0.05, 0.1) is 6.42 Å². The molecule has 2 rings (SSSR count). The summed E-state index contributed by atoms with van der Waals surface area (Å²) in [5.41, 5.74) is 1.59. The molecule has 0 amide bonds. The van der Waals surface area contributed by atoms with Crippen LogP contribution in [-0.2, 0) is 32.3 Å². The van der Waals surface area contributed by atoms with E-state index in [1.807, 2.05) is 24.3 Å². The zero-order chi connectivity index (χ0) is 18.2. The Labute approximate surface area is 162 Å². The molecule has 0 aliphatic carbocycles. The van der Waals surface area contributed by atoms with Gasteiger partial charge in [0, 0.05) is 8.95 Å². The SMILES string of the molecule is O=C(CC(O)C(=O)OCc1ccc(Br)cc1)OCc1ccc(Br)cc1. The summed E-state index contributed by atoms with van der Waals surface area (Å²) in [6.07, 6.45) is -2.00. The number of carbonyl (C=O) groups excluding carboxylic acids is 2. The highest BCUT2D eigenvalue weighted by atomic mass is 79.9. The van der Waals surface area contributed by atoms with Crippen molar-refractivity contribution >= 4 is 43.8 Å². The molecule has 0 aliphatic rings. The van der Waals surface area contributed by atoms with Crippen LogP contribution in [0.2, 0.25) is 0 Å². The third kappa shape index (κ3) is 6.97. The van der Waals surface area contributed by atoms with Crippen LogP contribution in [0.4, 0.5) is 0 Å². The number of ether oxygens (including phenoxy) is 2. The third-order valence-corrected chi connectivity index (χ3v) is 4.30. The number of benzene rings is 2. The van der Waals surface area contributed by atoms with Gasteiger partial charge in [0.1, 0.15) is 13.2 Å². The first-order valence-corrected chi connectivity index (χ1v) is 9.02. The van der Waals surface area contributed by atoms with E-state index in [0.29, 0.717) is 0 Å². The van der Waals surface area contributed by atoms with Crippen LogP contribution in [0, 0.1) is 0 Å². The molecule has 25 heavy (non-hydrogen) atoms. The van der Waals surface area contributed by atoms with Gasteiger partial charge in [-0.2, -0.15) is 0 Å². The smallest absolute Gasteiger partial charge is 0.335 e. The lowest BCUT2D eigenvalue weighted by Gasteiger charge is -2.11. The Morgan fingerprint density at radius 2 is 1.28 bits per heavy atom. The third-order valence-electron chi connectivity index (χ3n) is 3.24. The summed E-state index contributed by atoms with van der Waals surface area (Å²) in [6, 6.07) is 14.5. The van der Waals surface area contributed by atoms with Crippen molar-refractivity contribution in [1.29, 1.82) is 0 Å². The van der Waals surface area contributed by atoms with E-state index in [4.69, 9.17) is 9.47 Å². The monoisotopic (exact) mass is 470 g/mol. The molecule has 0 aromatic heterocycles. The van der Waals surface area contributed by atoms with Gasteiger partial charge in [-0.3, -0.25) is 4.79 Å². The van der Waals surface area contributed by atoms with Gasteiger partial charge in [-0.05, 0) is 35.4 Å². The number of aliphatic hydroxyl groups excluding tert-OH is 1. The van der Waals surface area contributed by atoms with E-state index in [1.165, 1.54) is 0 Å². The van der Waals surface area contributed by atoms with Crippen molar-refractivity contribution in [3.05, 3.63) is 68.6 Å². The van der Waals surface area contributed by atoms with Crippen LogP contribution >= 0.6 is 31.9 Å². The molecule has 0 fully saturated rings. The van der Waals surface area contributed by atoms with Crippen LogP contribution in [0.15, 0.2) is 57.5 Å². The molecule has 0 spiro atoms. The average molecular weight is 472 g/mol. The summed E-state index contributed by atoms with van der Waals surface area (Å²) >= 11 is 6.62. The van der Waals surface area contributed by atoms with Crippen molar-refractivity contribution in [2.45, 2.75) is 25.7 Å². The van der Waals surface area contributed by atoms with Crippen molar-refractivity contribution in [3.8, 4) is 0 Å². The van der Waals surface area contributed by atoms with Gasteiger partial charge in [-0.15, -0.1) is 0 Å². The first kappa shape index (κ1) is 19.6. The quantitative estimate of drug-likeness (QED) is 0.622. The van der Waals surface area contributed by atoms with Gasteiger partial charge in [0.2, 0.25) is 0 Å². The minimum Gasteiger partial charge on any atom is -0.461 e. The predicted octanol–water partition coefficient (Wildman–Crippen LogP) is 3.75. The van der Waals surface area contributed by atoms with Crippen LogP contribution < -0.4 is 0 Å². The molecule has 0 radical (unpaired) electrons. The molecular formula is C18H16Br2O5. The number of carbonyl (C=O) groups is 2. The highest BCUT2D eigenvalue weighted by Gasteiger charge is 2.21. The zero-order valence-electron chi connectivity index (χ0n) is 13.2. The van der Waals surface area contributed by atoms with Crippen molar-refractivity contribution in [1.82, 2.24) is 0 Å². The van der Waals surface area contributed by atoms with E-state index < -0.39 is 24.5 Å². The number of hydrogen-bond acceptors (Lipinski definition) is 5.